The van der Waals surface area contributed by atoms with Crippen LogP contribution in [0.2, 0.25) is 0 Å². The lowest BCUT2D eigenvalue weighted by Gasteiger charge is -2.61. The summed E-state index contributed by atoms with van der Waals surface area (Å²) >= 11 is 0. The predicted molar refractivity (Wildman–Crippen MR) is 64.7 cm³/mol. The number of carboxylic acid groups (broad SMARTS) is 1. The first-order valence-electron chi connectivity index (χ1n) is 7.23. The van der Waals surface area contributed by atoms with E-state index in [4.69, 9.17) is 4.84 Å². The Hall–Kier alpha value is -0.610. The van der Waals surface area contributed by atoms with Gasteiger partial charge in [-0.2, -0.15) is 5.06 Å². The van der Waals surface area contributed by atoms with Gasteiger partial charge in [-0.15, -0.1) is 0 Å². The average molecular weight is 251 g/mol. The van der Waals surface area contributed by atoms with Crippen molar-refractivity contribution in [3.05, 3.63) is 0 Å². The van der Waals surface area contributed by atoms with Crippen LogP contribution in [0.15, 0.2) is 0 Å². The molecular weight excluding hydrogens is 230 g/mol. The van der Waals surface area contributed by atoms with Crippen molar-refractivity contribution < 1.29 is 14.7 Å². The molecule has 1 heterocycles. The Morgan fingerprint density at radius 1 is 1.17 bits per heavy atom. The molecule has 0 aromatic carbocycles. The van der Waals surface area contributed by atoms with Crippen LogP contribution in [0.5, 0.6) is 0 Å². The van der Waals surface area contributed by atoms with Crippen LogP contribution in [0.1, 0.15) is 38.5 Å². The molecule has 1 unspecified atom stereocenters. The van der Waals surface area contributed by atoms with Crippen LogP contribution in [-0.4, -0.2) is 34.8 Å². The summed E-state index contributed by atoms with van der Waals surface area (Å²) in [6.07, 6.45) is 6.71. The summed E-state index contributed by atoms with van der Waals surface area (Å²) in [4.78, 5) is 16.9. The van der Waals surface area contributed by atoms with E-state index >= 15 is 0 Å². The number of aliphatic carboxylic acids is 1. The normalized spacial score (nSPS) is 54.4. The first-order valence-corrected chi connectivity index (χ1v) is 7.23. The lowest BCUT2D eigenvalue weighted by Crippen LogP contribution is -2.62. The molecule has 1 aliphatic heterocycles. The molecule has 5 aliphatic rings. The van der Waals surface area contributed by atoms with E-state index in [0.717, 1.165) is 11.8 Å². The lowest BCUT2D eigenvalue weighted by molar-refractivity contribution is -0.229. The van der Waals surface area contributed by atoms with Gasteiger partial charge in [0.25, 0.3) is 0 Å². The van der Waals surface area contributed by atoms with Crippen LogP contribution < -0.4 is 0 Å². The van der Waals surface area contributed by atoms with E-state index in [1.54, 1.807) is 0 Å². The highest BCUT2D eigenvalue weighted by atomic mass is 16.7. The first kappa shape index (κ1) is 11.2. The number of hydrogen-bond donors (Lipinski definition) is 1. The minimum atomic E-state index is -0.799. The minimum Gasteiger partial charge on any atom is -0.479 e. The van der Waals surface area contributed by atoms with Crippen LogP contribution in [0.3, 0.4) is 0 Å². The van der Waals surface area contributed by atoms with Crippen molar-refractivity contribution >= 4 is 5.97 Å². The third-order valence-electron chi connectivity index (χ3n) is 6.21. The average Bonchev–Trinajstić information content (AvgIpc) is 2.64. The van der Waals surface area contributed by atoms with Gasteiger partial charge in [0.2, 0.25) is 0 Å². The van der Waals surface area contributed by atoms with Crippen molar-refractivity contribution in [3.8, 4) is 0 Å². The van der Waals surface area contributed by atoms with Gasteiger partial charge in [0.05, 0.1) is 5.54 Å². The minimum absolute atomic E-state index is 0.0382. The van der Waals surface area contributed by atoms with Crippen molar-refractivity contribution in [1.29, 1.82) is 0 Å². The van der Waals surface area contributed by atoms with Gasteiger partial charge in [0, 0.05) is 13.5 Å². The van der Waals surface area contributed by atoms with Crippen molar-refractivity contribution in [2.45, 2.75) is 50.2 Å². The zero-order chi connectivity index (χ0) is 12.5. The summed E-state index contributed by atoms with van der Waals surface area (Å²) in [7, 11) is 1.96. The van der Waals surface area contributed by atoms with Crippen molar-refractivity contribution in [2.24, 2.45) is 23.7 Å². The van der Waals surface area contributed by atoms with E-state index in [9.17, 15) is 9.90 Å². The summed E-state index contributed by atoms with van der Waals surface area (Å²) in [6.45, 7) is 0. The largest absolute Gasteiger partial charge is 0.479 e. The first-order chi connectivity index (χ1) is 8.59. The number of hydroxylamine groups is 2. The monoisotopic (exact) mass is 251 g/mol. The summed E-state index contributed by atoms with van der Waals surface area (Å²) in [5.41, 5.74) is 0.0382. The fourth-order valence-corrected chi connectivity index (χ4v) is 5.73. The molecule has 1 spiro atoms. The van der Waals surface area contributed by atoms with Crippen LogP contribution in [0, 0.1) is 23.7 Å². The Labute approximate surface area is 107 Å². The maximum atomic E-state index is 11.2. The number of carboxylic acids is 1. The Balaban J connectivity index is 1.69. The van der Waals surface area contributed by atoms with Gasteiger partial charge in [0.15, 0.2) is 6.10 Å². The van der Waals surface area contributed by atoms with E-state index in [-0.39, 0.29) is 5.54 Å². The van der Waals surface area contributed by atoms with Crippen molar-refractivity contribution in [1.82, 2.24) is 5.06 Å². The van der Waals surface area contributed by atoms with E-state index < -0.39 is 12.1 Å². The topological polar surface area (TPSA) is 49.8 Å². The highest BCUT2D eigenvalue weighted by molar-refractivity contribution is 5.72. The second-order valence-electron chi connectivity index (χ2n) is 6.93. The van der Waals surface area contributed by atoms with Gasteiger partial charge in [-0.25, -0.2) is 4.79 Å². The predicted octanol–water partition coefficient (Wildman–Crippen LogP) is 1.90. The standard InChI is InChI=1S/C14H21NO3/c1-15-14(7-12(18-15)13(16)17)10-3-8-2-9(5-10)6-11(14)4-8/h8-12H,2-7H2,1H3,(H,16,17). The third-order valence-corrected chi connectivity index (χ3v) is 6.21. The van der Waals surface area contributed by atoms with E-state index in [2.05, 4.69) is 0 Å². The van der Waals surface area contributed by atoms with Crippen LogP contribution in [-0.2, 0) is 9.63 Å². The molecule has 18 heavy (non-hydrogen) atoms. The molecule has 4 nitrogen and oxygen atoms in total. The van der Waals surface area contributed by atoms with Gasteiger partial charge >= 0.3 is 5.97 Å². The summed E-state index contributed by atoms with van der Waals surface area (Å²) in [5, 5.41) is 11.2. The second-order valence-corrected chi connectivity index (χ2v) is 6.93. The van der Waals surface area contributed by atoms with Gasteiger partial charge in [-0.3, -0.25) is 4.84 Å². The Morgan fingerprint density at radius 3 is 2.17 bits per heavy atom. The number of rotatable bonds is 1. The van der Waals surface area contributed by atoms with Crippen molar-refractivity contribution in [3.63, 3.8) is 0 Å². The molecule has 5 rings (SSSR count). The van der Waals surface area contributed by atoms with E-state index in [1.165, 1.54) is 32.1 Å². The van der Waals surface area contributed by atoms with Gasteiger partial charge in [-0.1, -0.05) is 0 Å². The van der Waals surface area contributed by atoms with Crippen LogP contribution in [0.4, 0.5) is 0 Å². The summed E-state index contributed by atoms with van der Waals surface area (Å²) < 4.78 is 0. The molecule has 0 aromatic heterocycles. The summed E-state index contributed by atoms with van der Waals surface area (Å²) in [6, 6.07) is 0. The fraction of sp³-hybridized carbons (Fsp3) is 0.929. The molecule has 0 radical (unpaired) electrons. The molecular formula is C14H21NO3. The zero-order valence-corrected chi connectivity index (χ0v) is 10.8. The van der Waals surface area contributed by atoms with Crippen LogP contribution >= 0.6 is 0 Å². The molecule has 0 amide bonds. The molecule has 5 fully saturated rings. The molecule has 4 saturated carbocycles. The number of hydrogen-bond acceptors (Lipinski definition) is 3. The Bertz CT molecular complexity index is 367. The summed E-state index contributed by atoms with van der Waals surface area (Å²) in [5.74, 6) is 2.37. The molecule has 1 saturated heterocycles. The van der Waals surface area contributed by atoms with Gasteiger partial charge in [-0.05, 0) is 55.8 Å². The lowest BCUT2D eigenvalue weighted by atomic mass is 9.47. The SMILES string of the molecule is CN1OC(C(=O)O)CC12C1CC3CC(C1)CC2C3. The molecule has 4 heteroatoms. The molecule has 0 aromatic rings. The second kappa shape index (κ2) is 3.48. The van der Waals surface area contributed by atoms with Crippen molar-refractivity contribution in [2.75, 3.05) is 7.05 Å². The maximum absolute atomic E-state index is 11.2. The van der Waals surface area contributed by atoms with E-state index in [1.807, 2.05) is 12.1 Å². The van der Waals surface area contributed by atoms with Gasteiger partial charge < -0.3 is 5.11 Å². The fourth-order valence-electron chi connectivity index (χ4n) is 5.73. The molecule has 4 bridgehead atoms. The zero-order valence-electron chi connectivity index (χ0n) is 10.8. The van der Waals surface area contributed by atoms with E-state index in [0.29, 0.717) is 18.3 Å². The van der Waals surface area contributed by atoms with Crippen LogP contribution in [0.25, 0.3) is 0 Å². The molecule has 1 atom stereocenters. The smallest absolute Gasteiger partial charge is 0.335 e. The third kappa shape index (κ3) is 1.26. The molecule has 100 valence electrons. The molecule has 1 N–H and O–H groups in total. The Morgan fingerprint density at radius 2 is 1.72 bits per heavy atom. The maximum Gasteiger partial charge on any atom is 0.335 e. The molecule has 4 aliphatic carbocycles. The quantitative estimate of drug-likeness (QED) is 0.773. The highest BCUT2D eigenvalue weighted by Crippen LogP contribution is 2.62. The Kier molecular flexibility index (Phi) is 2.17. The number of nitrogens with zero attached hydrogens (tertiary/aromatic N) is 1. The number of carbonyl (C=O) groups is 1. The highest BCUT2D eigenvalue weighted by Gasteiger charge is 2.63. The van der Waals surface area contributed by atoms with Gasteiger partial charge in [0.1, 0.15) is 0 Å².